The van der Waals surface area contributed by atoms with Crippen molar-refractivity contribution >= 4 is 23.7 Å². The monoisotopic (exact) mass is 358 g/mol. The molecule has 0 radical (unpaired) electrons. The number of carbonyl (C=O) groups excluding carboxylic acids is 3. The number of nitrogens with zero attached hydrogens (tertiary/aromatic N) is 2. The minimum Gasteiger partial charge on any atom is -0.481 e. The third-order valence-corrected chi connectivity index (χ3v) is 5.23. The number of carbonyl (C=O) groups is 4. The number of imide groups is 1. The molecule has 0 aromatic heterocycles. The largest absolute Gasteiger partial charge is 0.481 e. The highest BCUT2D eigenvalue weighted by atomic mass is 16.4. The van der Waals surface area contributed by atoms with Crippen LogP contribution in [0.2, 0.25) is 0 Å². The van der Waals surface area contributed by atoms with Gasteiger partial charge in [-0.25, -0.2) is 0 Å². The summed E-state index contributed by atoms with van der Waals surface area (Å²) in [5.41, 5.74) is -0.0803. The van der Waals surface area contributed by atoms with Crippen molar-refractivity contribution in [2.45, 2.75) is 33.1 Å². The maximum Gasteiger partial charge on any atom is 0.311 e. The van der Waals surface area contributed by atoms with Crippen molar-refractivity contribution in [3.8, 4) is 0 Å². The minimum absolute atomic E-state index is 0.133. The van der Waals surface area contributed by atoms with Gasteiger partial charge in [-0.05, 0) is 38.0 Å². The molecule has 3 amide bonds. The Bertz CT molecular complexity index is 803. The fourth-order valence-corrected chi connectivity index (χ4v) is 3.43. The SMILES string of the molecule is CCCCN1C(=O)c2ccc(C(=O)N3CCC(C)(C(=O)O)C3)cc2C1=O. The Labute approximate surface area is 151 Å². The molecule has 0 saturated carbocycles. The van der Waals surface area contributed by atoms with Crippen LogP contribution in [-0.4, -0.2) is 58.2 Å². The van der Waals surface area contributed by atoms with Crippen molar-refractivity contribution in [2.24, 2.45) is 5.41 Å². The van der Waals surface area contributed by atoms with E-state index in [4.69, 9.17) is 0 Å². The van der Waals surface area contributed by atoms with Crippen LogP contribution < -0.4 is 0 Å². The third-order valence-electron chi connectivity index (χ3n) is 5.23. The average molecular weight is 358 g/mol. The third kappa shape index (κ3) is 2.87. The average Bonchev–Trinajstić information content (AvgIpc) is 3.13. The molecule has 7 nitrogen and oxygen atoms in total. The van der Waals surface area contributed by atoms with Crippen LogP contribution in [0.5, 0.6) is 0 Å². The molecule has 26 heavy (non-hydrogen) atoms. The van der Waals surface area contributed by atoms with Crippen molar-refractivity contribution in [3.05, 3.63) is 34.9 Å². The lowest BCUT2D eigenvalue weighted by Crippen LogP contribution is -2.35. The Kier molecular flexibility index (Phi) is 4.56. The predicted octanol–water partition coefficient (Wildman–Crippen LogP) is 2.02. The molecule has 1 unspecified atom stereocenters. The number of amides is 3. The molecular weight excluding hydrogens is 336 g/mol. The van der Waals surface area contributed by atoms with Gasteiger partial charge in [0.25, 0.3) is 17.7 Å². The van der Waals surface area contributed by atoms with Gasteiger partial charge in [0.05, 0.1) is 16.5 Å². The zero-order chi connectivity index (χ0) is 19.1. The molecule has 1 aromatic carbocycles. The quantitative estimate of drug-likeness (QED) is 0.813. The molecule has 7 heteroatoms. The first-order valence-electron chi connectivity index (χ1n) is 8.81. The van der Waals surface area contributed by atoms with Gasteiger partial charge < -0.3 is 10.0 Å². The molecule has 138 valence electrons. The summed E-state index contributed by atoms with van der Waals surface area (Å²) in [5, 5.41) is 9.31. The summed E-state index contributed by atoms with van der Waals surface area (Å²) in [4.78, 5) is 51.7. The molecule has 1 N–H and O–H groups in total. The molecule has 2 aliphatic rings. The van der Waals surface area contributed by atoms with E-state index >= 15 is 0 Å². The number of hydrogen-bond donors (Lipinski definition) is 1. The summed E-state index contributed by atoms with van der Waals surface area (Å²) >= 11 is 0. The van der Waals surface area contributed by atoms with Crippen molar-refractivity contribution in [3.63, 3.8) is 0 Å². The molecule has 3 rings (SSSR count). The zero-order valence-electron chi connectivity index (χ0n) is 14.9. The van der Waals surface area contributed by atoms with Crippen LogP contribution in [0, 0.1) is 5.41 Å². The Morgan fingerprint density at radius 3 is 2.50 bits per heavy atom. The normalized spacial score (nSPS) is 22.1. The van der Waals surface area contributed by atoms with E-state index in [9.17, 15) is 24.3 Å². The van der Waals surface area contributed by atoms with Gasteiger partial charge in [0.2, 0.25) is 0 Å². The van der Waals surface area contributed by atoms with E-state index < -0.39 is 11.4 Å². The zero-order valence-corrected chi connectivity index (χ0v) is 14.9. The van der Waals surface area contributed by atoms with Crippen molar-refractivity contribution in [2.75, 3.05) is 19.6 Å². The standard InChI is InChI=1S/C19H22N2O5/c1-3-4-8-21-16(23)13-6-5-12(10-14(13)17(21)24)15(22)20-9-7-19(2,11-20)18(25)26/h5-6,10H,3-4,7-9,11H2,1-2H3,(H,25,26). The van der Waals surface area contributed by atoms with Gasteiger partial charge in [0, 0.05) is 25.2 Å². The van der Waals surface area contributed by atoms with E-state index in [0.29, 0.717) is 30.6 Å². The van der Waals surface area contributed by atoms with Crippen molar-refractivity contribution in [1.29, 1.82) is 0 Å². The maximum atomic E-state index is 12.7. The van der Waals surface area contributed by atoms with Gasteiger partial charge in [0.15, 0.2) is 0 Å². The highest BCUT2D eigenvalue weighted by molar-refractivity contribution is 6.22. The fourth-order valence-electron chi connectivity index (χ4n) is 3.43. The summed E-state index contributed by atoms with van der Waals surface area (Å²) in [6, 6.07) is 4.51. The summed E-state index contributed by atoms with van der Waals surface area (Å²) < 4.78 is 0. The van der Waals surface area contributed by atoms with Crippen LogP contribution in [0.15, 0.2) is 18.2 Å². The number of fused-ring (bicyclic) bond motifs is 1. The highest BCUT2D eigenvalue weighted by Gasteiger charge is 2.43. The first-order chi connectivity index (χ1) is 12.3. The van der Waals surface area contributed by atoms with Crippen LogP contribution in [0.25, 0.3) is 0 Å². The number of unbranched alkanes of at least 4 members (excludes halogenated alkanes) is 1. The summed E-state index contributed by atoms with van der Waals surface area (Å²) in [5.74, 6) is -1.93. The summed E-state index contributed by atoms with van der Waals surface area (Å²) in [6.07, 6.45) is 1.99. The number of carboxylic acid groups (broad SMARTS) is 1. The Hall–Kier alpha value is -2.70. The molecule has 0 aliphatic carbocycles. The summed E-state index contributed by atoms with van der Waals surface area (Å²) in [7, 11) is 0. The highest BCUT2D eigenvalue weighted by Crippen LogP contribution is 2.32. The van der Waals surface area contributed by atoms with Gasteiger partial charge >= 0.3 is 5.97 Å². The predicted molar refractivity (Wildman–Crippen MR) is 93.0 cm³/mol. The lowest BCUT2D eigenvalue weighted by molar-refractivity contribution is -0.147. The van der Waals surface area contributed by atoms with Crippen LogP contribution in [0.1, 0.15) is 64.2 Å². The second-order valence-electron chi connectivity index (χ2n) is 7.22. The number of rotatable bonds is 5. The second-order valence-corrected chi connectivity index (χ2v) is 7.22. The van der Waals surface area contributed by atoms with Crippen molar-refractivity contribution in [1.82, 2.24) is 9.80 Å². The van der Waals surface area contributed by atoms with Crippen LogP contribution >= 0.6 is 0 Å². The number of likely N-dealkylation sites (tertiary alicyclic amines) is 1. The molecule has 1 aromatic rings. The number of aliphatic carboxylic acids is 1. The van der Waals surface area contributed by atoms with Gasteiger partial charge in [0.1, 0.15) is 0 Å². The van der Waals surface area contributed by atoms with E-state index in [1.54, 1.807) is 6.92 Å². The fraction of sp³-hybridized carbons (Fsp3) is 0.474. The van der Waals surface area contributed by atoms with Crippen LogP contribution in [0.4, 0.5) is 0 Å². The minimum atomic E-state index is -0.949. The van der Waals surface area contributed by atoms with Gasteiger partial charge in [-0.3, -0.25) is 24.1 Å². The van der Waals surface area contributed by atoms with Gasteiger partial charge in [-0.2, -0.15) is 0 Å². The number of carboxylic acids is 1. The lowest BCUT2D eigenvalue weighted by atomic mass is 9.90. The molecule has 0 spiro atoms. The first-order valence-corrected chi connectivity index (χ1v) is 8.81. The molecule has 2 aliphatic heterocycles. The maximum absolute atomic E-state index is 12.7. The lowest BCUT2D eigenvalue weighted by Gasteiger charge is -2.20. The Morgan fingerprint density at radius 2 is 1.88 bits per heavy atom. The van der Waals surface area contributed by atoms with Gasteiger partial charge in [-0.1, -0.05) is 13.3 Å². The summed E-state index contributed by atoms with van der Waals surface area (Å²) in [6.45, 7) is 4.46. The van der Waals surface area contributed by atoms with E-state index in [1.165, 1.54) is 28.0 Å². The van der Waals surface area contributed by atoms with Crippen LogP contribution in [0.3, 0.4) is 0 Å². The molecule has 2 heterocycles. The van der Waals surface area contributed by atoms with Crippen molar-refractivity contribution < 1.29 is 24.3 Å². The van der Waals surface area contributed by atoms with E-state index in [2.05, 4.69) is 0 Å². The van der Waals surface area contributed by atoms with Crippen LogP contribution in [-0.2, 0) is 4.79 Å². The number of hydrogen-bond acceptors (Lipinski definition) is 4. The van der Waals surface area contributed by atoms with E-state index in [0.717, 1.165) is 12.8 Å². The van der Waals surface area contributed by atoms with E-state index in [-0.39, 0.29) is 29.8 Å². The molecule has 1 fully saturated rings. The van der Waals surface area contributed by atoms with Gasteiger partial charge in [-0.15, -0.1) is 0 Å². The molecule has 1 saturated heterocycles. The Morgan fingerprint density at radius 1 is 1.19 bits per heavy atom. The second kappa shape index (κ2) is 6.55. The smallest absolute Gasteiger partial charge is 0.311 e. The van der Waals surface area contributed by atoms with E-state index in [1.807, 2.05) is 6.92 Å². The molecule has 0 bridgehead atoms. The Balaban J connectivity index is 1.82. The topological polar surface area (TPSA) is 95.0 Å². The molecular formula is C19H22N2O5. The first kappa shape index (κ1) is 18.1. The molecule has 1 atom stereocenters. The number of benzene rings is 1.